The number of likely N-dealkylation sites (tertiary alicyclic amines) is 1. The largest absolute Gasteiger partial charge is 0.492 e. The predicted molar refractivity (Wildman–Crippen MR) is 114 cm³/mol. The number of halogens is 1. The van der Waals surface area contributed by atoms with Crippen LogP contribution < -0.4 is 15.2 Å². The molecular weight excluding hydrogens is 406 g/mol. The van der Waals surface area contributed by atoms with E-state index >= 15 is 0 Å². The fourth-order valence-corrected chi connectivity index (χ4v) is 3.46. The zero-order chi connectivity index (χ0) is 20.9. The average molecular weight is 430 g/mol. The van der Waals surface area contributed by atoms with Crippen LogP contribution in [0.1, 0.15) is 19.8 Å². The quantitative estimate of drug-likeness (QED) is 0.555. The van der Waals surface area contributed by atoms with Gasteiger partial charge in [0.25, 0.3) is 0 Å². The number of benzene rings is 2. The lowest BCUT2D eigenvalue weighted by Gasteiger charge is -2.29. The SMILES string of the molecule is CC1CCN(CCOc2ccc(-n3nc(Oc4ccc(Cl)cc4)oc3=O)cc2)CC1. The molecule has 0 N–H and O–H groups in total. The molecule has 1 aliphatic heterocycles. The van der Waals surface area contributed by atoms with Crippen molar-refractivity contribution in [3.8, 4) is 23.3 Å². The summed E-state index contributed by atoms with van der Waals surface area (Å²) < 4.78 is 17.5. The summed E-state index contributed by atoms with van der Waals surface area (Å²) in [5, 5.41) is 4.68. The molecule has 0 unspecified atom stereocenters. The van der Waals surface area contributed by atoms with Crippen molar-refractivity contribution in [1.82, 2.24) is 14.7 Å². The molecule has 0 bridgehead atoms. The zero-order valence-corrected chi connectivity index (χ0v) is 17.5. The van der Waals surface area contributed by atoms with Crippen LogP contribution in [0.15, 0.2) is 57.7 Å². The molecule has 30 heavy (non-hydrogen) atoms. The summed E-state index contributed by atoms with van der Waals surface area (Å²) in [5.41, 5.74) is 0.562. The normalized spacial score (nSPS) is 15.3. The molecule has 0 aliphatic carbocycles. The van der Waals surface area contributed by atoms with E-state index in [0.717, 1.165) is 36.0 Å². The Morgan fingerprint density at radius 3 is 2.43 bits per heavy atom. The molecule has 7 nitrogen and oxygen atoms in total. The third-order valence-electron chi connectivity index (χ3n) is 5.18. The van der Waals surface area contributed by atoms with Crippen molar-refractivity contribution in [3.05, 3.63) is 64.1 Å². The minimum atomic E-state index is -0.632. The van der Waals surface area contributed by atoms with Crippen LogP contribution in [0.3, 0.4) is 0 Å². The van der Waals surface area contributed by atoms with Gasteiger partial charge in [-0.25, -0.2) is 4.79 Å². The molecule has 1 fully saturated rings. The second-order valence-corrected chi connectivity index (χ2v) is 7.90. The van der Waals surface area contributed by atoms with Crippen molar-refractivity contribution >= 4 is 11.6 Å². The van der Waals surface area contributed by atoms with E-state index in [2.05, 4.69) is 16.9 Å². The minimum Gasteiger partial charge on any atom is -0.492 e. The average Bonchev–Trinajstić information content (AvgIpc) is 3.12. The van der Waals surface area contributed by atoms with E-state index in [1.807, 2.05) is 12.1 Å². The second kappa shape index (κ2) is 9.36. The van der Waals surface area contributed by atoms with Gasteiger partial charge in [0.1, 0.15) is 18.1 Å². The van der Waals surface area contributed by atoms with E-state index in [0.29, 0.717) is 23.1 Å². The molecule has 2 heterocycles. The van der Waals surface area contributed by atoms with E-state index in [4.69, 9.17) is 25.5 Å². The fraction of sp³-hybridized carbons (Fsp3) is 0.364. The number of rotatable bonds is 7. The molecule has 0 spiro atoms. The fourth-order valence-electron chi connectivity index (χ4n) is 3.33. The van der Waals surface area contributed by atoms with Crippen molar-refractivity contribution in [3.63, 3.8) is 0 Å². The molecule has 3 aromatic rings. The van der Waals surface area contributed by atoms with Crippen LogP contribution in [0.2, 0.25) is 5.02 Å². The molecule has 1 aliphatic rings. The number of hydrogen-bond acceptors (Lipinski definition) is 6. The number of ether oxygens (including phenoxy) is 2. The van der Waals surface area contributed by atoms with E-state index in [-0.39, 0.29) is 6.08 Å². The van der Waals surface area contributed by atoms with Gasteiger partial charge in [-0.15, -0.1) is 0 Å². The van der Waals surface area contributed by atoms with Crippen LogP contribution in [0.25, 0.3) is 5.69 Å². The van der Waals surface area contributed by atoms with Crippen molar-refractivity contribution < 1.29 is 13.9 Å². The van der Waals surface area contributed by atoms with Gasteiger partial charge < -0.3 is 13.9 Å². The van der Waals surface area contributed by atoms with Gasteiger partial charge in [-0.05, 0) is 80.4 Å². The van der Waals surface area contributed by atoms with E-state index in [1.165, 1.54) is 12.8 Å². The van der Waals surface area contributed by atoms with Crippen LogP contribution in [0.4, 0.5) is 0 Å². The lowest BCUT2D eigenvalue weighted by Crippen LogP contribution is -2.35. The van der Waals surface area contributed by atoms with Crippen LogP contribution in [-0.2, 0) is 0 Å². The second-order valence-electron chi connectivity index (χ2n) is 7.47. The highest BCUT2D eigenvalue weighted by Crippen LogP contribution is 2.22. The summed E-state index contributed by atoms with van der Waals surface area (Å²) in [6.45, 7) is 6.14. The Hall–Kier alpha value is -2.77. The van der Waals surface area contributed by atoms with Crippen molar-refractivity contribution in [2.45, 2.75) is 19.8 Å². The van der Waals surface area contributed by atoms with Crippen molar-refractivity contribution in [2.75, 3.05) is 26.2 Å². The maximum absolute atomic E-state index is 12.1. The first-order chi connectivity index (χ1) is 14.6. The van der Waals surface area contributed by atoms with Crippen LogP contribution in [-0.4, -0.2) is 40.9 Å². The highest BCUT2D eigenvalue weighted by Gasteiger charge is 2.15. The number of piperidine rings is 1. The Labute approximate surface area is 179 Å². The Kier molecular flexibility index (Phi) is 6.40. The maximum Gasteiger partial charge on any atom is 0.444 e. The lowest BCUT2D eigenvalue weighted by atomic mass is 9.99. The summed E-state index contributed by atoms with van der Waals surface area (Å²) in [4.78, 5) is 14.6. The smallest absolute Gasteiger partial charge is 0.444 e. The highest BCUT2D eigenvalue weighted by molar-refractivity contribution is 6.30. The summed E-state index contributed by atoms with van der Waals surface area (Å²) in [7, 11) is 0. The van der Waals surface area contributed by atoms with Gasteiger partial charge in [-0.1, -0.05) is 23.6 Å². The topological polar surface area (TPSA) is 69.7 Å². The summed E-state index contributed by atoms with van der Waals surface area (Å²) in [6.07, 6.45) is 2.37. The first-order valence-electron chi connectivity index (χ1n) is 10.1. The van der Waals surface area contributed by atoms with Gasteiger partial charge in [0.2, 0.25) is 0 Å². The summed E-state index contributed by atoms with van der Waals surface area (Å²) in [5.74, 6) is 1.41. The van der Waals surface area contributed by atoms with Crippen LogP contribution in [0.5, 0.6) is 17.6 Å². The maximum atomic E-state index is 12.1. The van der Waals surface area contributed by atoms with Gasteiger partial charge in [0, 0.05) is 11.6 Å². The molecule has 1 saturated heterocycles. The molecule has 0 radical (unpaired) electrons. The Morgan fingerprint density at radius 2 is 1.73 bits per heavy atom. The summed E-state index contributed by atoms with van der Waals surface area (Å²) in [6, 6.07) is 13.8. The number of nitrogens with zero attached hydrogens (tertiary/aromatic N) is 3. The Balaban J connectivity index is 1.34. The molecule has 0 amide bonds. The van der Waals surface area contributed by atoms with Gasteiger partial charge in [-0.2, -0.15) is 4.68 Å². The van der Waals surface area contributed by atoms with Crippen molar-refractivity contribution in [2.24, 2.45) is 5.92 Å². The Bertz CT molecular complexity index is 1010. The molecule has 4 rings (SSSR count). The number of hydrogen-bond donors (Lipinski definition) is 0. The van der Waals surface area contributed by atoms with Crippen LogP contribution in [0, 0.1) is 5.92 Å². The first-order valence-corrected chi connectivity index (χ1v) is 10.4. The summed E-state index contributed by atoms with van der Waals surface area (Å²) >= 11 is 5.85. The van der Waals surface area contributed by atoms with E-state index in [1.54, 1.807) is 36.4 Å². The van der Waals surface area contributed by atoms with E-state index in [9.17, 15) is 4.79 Å². The third kappa shape index (κ3) is 5.23. The monoisotopic (exact) mass is 429 g/mol. The van der Waals surface area contributed by atoms with Gasteiger partial charge in [-0.3, -0.25) is 4.90 Å². The van der Waals surface area contributed by atoms with Gasteiger partial charge >= 0.3 is 11.8 Å². The van der Waals surface area contributed by atoms with Gasteiger partial charge in [0.05, 0.1) is 5.69 Å². The third-order valence-corrected chi connectivity index (χ3v) is 5.43. The molecule has 158 valence electrons. The van der Waals surface area contributed by atoms with Gasteiger partial charge in [0.15, 0.2) is 0 Å². The van der Waals surface area contributed by atoms with Crippen LogP contribution >= 0.6 is 11.6 Å². The van der Waals surface area contributed by atoms with Crippen molar-refractivity contribution in [1.29, 1.82) is 0 Å². The molecule has 0 saturated carbocycles. The minimum absolute atomic E-state index is 0.140. The number of aromatic nitrogens is 2. The lowest BCUT2D eigenvalue weighted by molar-refractivity contribution is 0.160. The molecule has 2 aromatic carbocycles. The molecule has 0 atom stereocenters. The first kappa shape index (κ1) is 20.5. The zero-order valence-electron chi connectivity index (χ0n) is 16.8. The highest BCUT2D eigenvalue weighted by atomic mass is 35.5. The Morgan fingerprint density at radius 1 is 1.07 bits per heavy atom. The molecule has 8 heteroatoms. The molecule has 1 aromatic heterocycles. The predicted octanol–water partition coefficient (Wildman–Crippen LogP) is 4.38. The van der Waals surface area contributed by atoms with E-state index < -0.39 is 5.76 Å². The standard InChI is InChI=1S/C22H24ClN3O4/c1-16-10-12-25(13-11-16)14-15-28-19-8-4-18(5-9-19)26-22(27)30-21(24-26)29-20-6-2-17(23)3-7-20/h2-9,16H,10-15H2,1H3. The molecular formula is C22H24ClN3O4.